The van der Waals surface area contributed by atoms with Crippen LogP contribution < -0.4 is 9.80 Å². The summed E-state index contributed by atoms with van der Waals surface area (Å²) in [6.07, 6.45) is 4.38. The molecule has 0 aliphatic rings. The molecule has 0 amide bonds. The first-order chi connectivity index (χ1) is 30.7. The summed E-state index contributed by atoms with van der Waals surface area (Å²) >= 11 is 0. The molecule has 0 saturated carbocycles. The molecule has 11 aromatic rings. The van der Waals surface area contributed by atoms with Gasteiger partial charge in [-0.1, -0.05) is 182 Å². The number of anilines is 6. The van der Waals surface area contributed by atoms with Crippen LogP contribution in [0.25, 0.3) is 66.4 Å². The van der Waals surface area contributed by atoms with Crippen molar-refractivity contribution < 1.29 is 0 Å². The van der Waals surface area contributed by atoms with Gasteiger partial charge in [0.25, 0.3) is 0 Å². The fourth-order valence-corrected chi connectivity index (χ4v) is 8.67. The highest BCUT2D eigenvalue weighted by Gasteiger charge is 2.16. The molecule has 2 nitrogen and oxygen atoms in total. The van der Waals surface area contributed by atoms with E-state index in [4.69, 9.17) is 0 Å². The molecule has 0 unspecified atom stereocenters. The van der Waals surface area contributed by atoms with Gasteiger partial charge < -0.3 is 9.80 Å². The molecule has 62 heavy (non-hydrogen) atoms. The van der Waals surface area contributed by atoms with Crippen LogP contribution in [-0.4, -0.2) is 0 Å². The molecule has 0 radical (unpaired) electrons. The molecule has 0 N–H and O–H groups in total. The van der Waals surface area contributed by atoms with Crippen molar-refractivity contribution >= 4 is 89.4 Å². The van der Waals surface area contributed by atoms with Crippen LogP contribution in [0, 0.1) is 0 Å². The van der Waals surface area contributed by atoms with E-state index < -0.39 is 0 Å². The highest BCUT2D eigenvalue weighted by molar-refractivity contribution is 5.94. The Hall–Kier alpha value is -8.20. The smallest absolute Gasteiger partial charge is 0.0468 e. The lowest BCUT2D eigenvalue weighted by atomic mass is 10.0. The molecule has 0 fully saturated rings. The molecule has 0 saturated heterocycles. The first-order valence-electron chi connectivity index (χ1n) is 21.2. The van der Waals surface area contributed by atoms with E-state index >= 15 is 0 Å². The number of benzene rings is 11. The van der Waals surface area contributed by atoms with Gasteiger partial charge in [0.2, 0.25) is 0 Å². The van der Waals surface area contributed by atoms with E-state index in [1.165, 1.54) is 54.2 Å². The molecular formula is C60H42N2. The minimum atomic E-state index is 1.11. The molecule has 0 atom stereocenters. The second kappa shape index (κ2) is 16.1. The maximum Gasteiger partial charge on any atom is 0.0468 e. The molecule has 11 aromatic carbocycles. The van der Waals surface area contributed by atoms with Crippen LogP contribution in [0.2, 0.25) is 0 Å². The Morgan fingerprint density at radius 1 is 0.210 bits per heavy atom. The van der Waals surface area contributed by atoms with Crippen molar-refractivity contribution in [3.8, 4) is 11.1 Å². The Labute approximate surface area is 362 Å². The number of nitrogens with zero attached hydrogens (tertiary/aromatic N) is 2. The van der Waals surface area contributed by atoms with E-state index in [9.17, 15) is 0 Å². The fraction of sp³-hybridized carbons (Fsp3) is 0. The first kappa shape index (κ1) is 36.8. The van der Waals surface area contributed by atoms with Gasteiger partial charge in [0.1, 0.15) is 0 Å². The quantitative estimate of drug-likeness (QED) is 0.134. The van der Waals surface area contributed by atoms with E-state index in [2.05, 4.69) is 265 Å². The molecule has 2 heteroatoms. The monoisotopic (exact) mass is 790 g/mol. The first-order valence-corrected chi connectivity index (χ1v) is 21.2. The summed E-state index contributed by atoms with van der Waals surface area (Å²) < 4.78 is 0. The second-order valence-corrected chi connectivity index (χ2v) is 15.9. The Kier molecular flexibility index (Phi) is 9.57. The number of fused-ring (bicyclic) bond motifs is 4. The third kappa shape index (κ3) is 7.36. The molecule has 0 aliphatic heterocycles. The zero-order chi connectivity index (χ0) is 41.2. The Balaban J connectivity index is 0.843. The van der Waals surface area contributed by atoms with Gasteiger partial charge in [-0.25, -0.2) is 0 Å². The van der Waals surface area contributed by atoms with Gasteiger partial charge in [0.05, 0.1) is 0 Å². The van der Waals surface area contributed by atoms with E-state index in [-0.39, 0.29) is 0 Å². The average Bonchev–Trinajstić information content (AvgIpc) is 3.34. The lowest BCUT2D eigenvalue weighted by Crippen LogP contribution is -2.09. The van der Waals surface area contributed by atoms with E-state index in [1.807, 2.05) is 0 Å². The van der Waals surface area contributed by atoms with Crippen LogP contribution in [-0.2, 0) is 0 Å². The summed E-state index contributed by atoms with van der Waals surface area (Å²) in [4.78, 5) is 4.70. The number of rotatable bonds is 9. The fourth-order valence-electron chi connectivity index (χ4n) is 8.67. The zero-order valence-corrected chi connectivity index (χ0v) is 34.1. The van der Waals surface area contributed by atoms with E-state index in [1.54, 1.807) is 0 Å². The standard InChI is InChI=1S/C60H42N2/c1-5-13-51-39-57(35-27-45(51)9-1)61(58-36-28-46-10-2-6-14-52(46)40-58)55-31-21-44(22-32-55)18-17-43-19-23-49(24-20-43)50-25-33-56(34-26-50)62(59-37-29-47-11-3-7-15-53(47)41-59)60-38-30-48-12-4-8-16-54(48)42-60/h1-42H. The van der Waals surface area contributed by atoms with Crippen molar-refractivity contribution in [2.75, 3.05) is 9.80 Å². The Bertz CT molecular complexity index is 3240. The van der Waals surface area contributed by atoms with Gasteiger partial charge in [0, 0.05) is 34.1 Å². The minimum Gasteiger partial charge on any atom is -0.310 e. The van der Waals surface area contributed by atoms with Crippen molar-refractivity contribution in [3.05, 3.63) is 254 Å². The van der Waals surface area contributed by atoms with Gasteiger partial charge in [-0.3, -0.25) is 0 Å². The summed E-state index contributed by atoms with van der Waals surface area (Å²) in [6.45, 7) is 0. The van der Waals surface area contributed by atoms with Crippen molar-refractivity contribution in [2.24, 2.45) is 0 Å². The zero-order valence-electron chi connectivity index (χ0n) is 34.1. The van der Waals surface area contributed by atoms with Gasteiger partial charge in [-0.2, -0.15) is 0 Å². The average molecular weight is 791 g/mol. The minimum absolute atomic E-state index is 1.11. The van der Waals surface area contributed by atoms with E-state index in [0.717, 1.165) is 45.3 Å². The number of hydrogen-bond donors (Lipinski definition) is 0. The lowest BCUT2D eigenvalue weighted by Gasteiger charge is -2.26. The maximum absolute atomic E-state index is 2.35. The van der Waals surface area contributed by atoms with Crippen molar-refractivity contribution in [3.63, 3.8) is 0 Å². The van der Waals surface area contributed by atoms with Crippen LogP contribution in [0.15, 0.2) is 243 Å². The number of hydrogen-bond acceptors (Lipinski definition) is 2. The summed E-state index contributed by atoms with van der Waals surface area (Å²) in [6, 6.07) is 87.7. The molecule has 11 rings (SSSR count). The van der Waals surface area contributed by atoms with Crippen LogP contribution in [0.5, 0.6) is 0 Å². The van der Waals surface area contributed by atoms with Crippen LogP contribution in [0.3, 0.4) is 0 Å². The third-order valence-electron chi connectivity index (χ3n) is 12.0. The van der Waals surface area contributed by atoms with Crippen LogP contribution in [0.4, 0.5) is 34.1 Å². The summed E-state index contributed by atoms with van der Waals surface area (Å²) in [5.41, 5.74) is 11.4. The molecule has 0 aromatic heterocycles. The van der Waals surface area contributed by atoms with Crippen molar-refractivity contribution in [2.45, 2.75) is 0 Å². The predicted molar refractivity (Wildman–Crippen MR) is 267 cm³/mol. The molecule has 0 spiro atoms. The molecule has 0 heterocycles. The largest absolute Gasteiger partial charge is 0.310 e. The SMILES string of the molecule is C(=Cc1ccc(N(c2ccc3ccccc3c2)c2ccc3ccccc3c2)cc1)c1ccc(-c2ccc(N(c3ccc4ccccc4c3)c3ccc4ccccc4c3)cc2)cc1. The lowest BCUT2D eigenvalue weighted by molar-refractivity contribution is 1.29. The summed E-state index contributed by atoms with van der Waals surface area (Å²) in [7, 11) is 0. The van der Waals surface area contributed by atoms with E-state index in [0.29, 0.717) is 0 Å². The van der Waals surface area contributed by atoms with Crippen molar-refractivity contribution in [1.82, 2.24) is 0 Å². The Morgan fingerprint density at radius 2 is 0.452 bits per heavy atom. The van der Waals surface area contributed by atoms with Gasteiger partial charge >= 0.3 is 0 Å². The molecule has 0 bridgehead atoms. The Morgan fingerprint density at radius 3 is 0.774 bits per heavy atom. The summed E-state index contributed by atoms with van der Waals surface area (Å²) in [5.74, 6) is 0. The second-order valence-electron chi connectivity index (χ2n) is 15.9. The molecule has 292 valence electrons. The normalized spacial score (nSPS) is 11.5. The molecule has 0 aliphatic carbocycles. The van der Waals surface area contributed by atoms with Gasteiger partial charge in [0.15, 0.2) is 0 Å². The maximum atomic E-state index is 2.35. The highest BCUT2D eigenvalue weighted by Crippen LogP contribution is 2.40. The summed E-state index contributed by atoms with van der Waals surface area (Å²) in [5, 5.41) is 9.82. The van der Waals surface area contributed by atoms with Crippen molar-refractivity contribution in [1.29, 1.82) is 0 Å². The third-order valence-corrected chi connectivity index (χ3v) is 12.0. The topological polar surface area (TPSA) is 6.48 Å². The predicted octanol–water partition coefficient (Wildman–Crippen LogP) is 17.1. The van der Waals surface area contributed by atoms with Gasteiger partial charge in [-0.15, -0.1) is 0 Å². The molecular weight excluding hydrogens is 749 g/mol. The van der Waals surface area contributed by atoms with Crippen LogP contribution >= 0.6 is 0 Å². The van der Waals surface area contributed by atoms with Gasteiger partial charge in [-0.05, 0) is 138 Å². The highest BCUT2D eigenvalue weighted by atomic mass is 15.1. The van der Waals surface area contributed by atoms with Crippen LogP contribution in [0.1, 0.15) is 11.1 Å².